The van der Waals surface area contributed by atoms with Crippen LogP contribution >= 0.6 is 7.82 Å². The summed E-state index contributed by atoms with van der Waals surface area (Å²) in [4.78, 5) is 25.6. The van der Waals surface area contributed by atoms with Crippen molar-refractivity contribution in [2.24, 2.45) is 0 Å². The Labute approximate surface area is 75.9 Å². The predicted octanol–water partition coefficient (Wildman–Crippen LogP) is -4.19. The van der Waals surface area contributed by atoms with E-state index in [4.69, 9.17) is 19.2 Å². The Kier molecular flexibility index (Phi) is 23.8. The van der Waals surface area contributed by atoms with E-state index in [-0.39, 0.29) is 48.7 Å². The Morgan fingerprint density at radius 3 is 1.25 bits per heavy atom. The summed E-state index contributed by atoms with van der Waals surface area (Å²) in [7, 11) is -5.39. The molecule has 0 heterocycles. The van der Waals surface area contributed by atoms with Gasteiger partial charge in [0.2, 0.25) is 0 Å². The number of phosphoric acid groups is 1. The van der Waals surface area contributed by atoms with Crippen molar-refractivity contribution in [2.45, 2.75) is 0 Å². The van der Waals surface area contributed by atoms with E-state index in [1.807, 2.05) is 0 Å². The minimum Gasteiger partial charge on any atom is -1.00 e. The monoisotopic (exact) mass is 166 g/mol. The molecule has 0 radical (unpaired) electrons. The number of hydrogen-bond donors (Lipinski definition) is 0. The van der Waals surface area contributed by atoms with Crippen molar-refractivity contribution in [3.8, 4) is 0 Å². The SMILES string of the molecule is O.O=P([O-])([O-])[O-].[Al+3].[H-].[H-].[Mg+2]. The molecule has 0 rings (SSSR count). The van der Waals surface area contributed by atoms with Gasteiger partial charge in [0.15, 0.2) is 0 Å². The zero-order valence-electron chi connectivity index (χ0n) is 5.86. The second-order valence-electron chi connectivity index (χ2n) is 0.447. The summed E-state index contributed by atoms with van der Waals surface area (Å²) in [5.41, 5.74) is 0. The van der Waals surface area contributed by atoms with Gasteiger partial charge < -0.3 is 27.6 Å². The van der Waals surface area contributed by atoms with E-state index in [1.165, 1.54) is 0 Å². The van der Waals surface area contributed by atoms with Gasteiger partial charge in [-0.2, -0.15) is 7.82 Å². The van der Waals surface area contributed by atoms with Gasteiger partial charge in [-0.25, -0.2) is 0 Å². The second-order valence-corrected chi connectivity index (χ2v) is 1.34. The fourth-order valence-corrected chi connectivity index (χ4v) is 0. The van der Waals surface area contributed by atoms with E-state index in [2.05, 4.69) is 0 Å². The molecule has 0 spiro atoms. The van der Waals surface area contributed by atoms with Crippen molar-refractivity contribution in [3.05, 3.63) is 0 Å². The first-order valence-corrected chi connectivity index (χ1v) is 2.19. The van der Waals surface area contributed by atoms with E-state index in [0.717, 1.165) is 0 Å². The summed E-state index contributed by atoms with van der Waals surface area (Å²) in [6.45, 7) is 0. The molecule has 8 heteroatoms. The van der Waals surface area contributed by atoms with Crippen LogP contribution in [0.1, 0.15) is 2.85 Å². The van der Waals surface area contributed by atoms with Gasteiger partial charge in [-0.3, -0.25) is 0 Å². The van der Waals surface area contributed by atoms with Gasteiger partial charge in [0.25, 0.3) is 0 Å². The summed E-state index contributed by atoms with van der Waals surface area (Å²) in [5.74, 6) is 0. The Hall–Kier alpha value is 1.37. The van der Waals surface area contributed by atoms with E-state index < -0.39 is 7.82 Å². The third kappa shape index (κ3) is 160. The zero-order valence-corrected chi connectivity index (χ0v) is 7.33. The van der Waals surface area contributed by atoms with Gasteiger partial charge >= 0.3 is 40.4 Å². The first-order chi connectivity index (χ1) is 2.00. The summed E-state index contributed by atoms with van der Waals surface area (Å²) in [5, 5.41) is 0. The van der Waals surface area contributed by atoms with Crippen LogP contribution in [0.4, 0.5) is 0 Å². The first kappa shape index (κ1) is 22.8. The van der Waals surface area contributed by atoms with Gasteiger partial charge in [-0.15, -0.1) is 0 Å². The van der Waals surface area contributed by atoms with Crippen LogP contribution in [0.3, 0.4) is 0 Å². The van der Waals surface area contributed by atoms with Gasteiger partial charge in [-0.1, -0.05) is 0 Å². The van der Waals surface area contributed by atoms with Crippen molar-refractivity contribution >= 4 is 48.2 Å². The van der Waals surface area contributed by atoms with E-state index in [9.17, 15) is 0 Å². The van der Waals surface area contributed by atoms with Crippen LogP contribution in [0.2, 0.25) is 0 Å². The van der Waals surface area contributed by atoms with Crippen LogP contribution < -0.4 is 14.7 Å². The quantitative estimate of drug-likeness (QED) is 0.268. The fraction of sp³-hybridized carbons (Fsp3) is 0. The molecular formula is H4AlMgO5P. The molecule has 2 N–H and O–H groups in total. The van der Waals surface area contributed by atoms with Gasteiger partial charge in [0.1, 0.15) is 0 Å². The molecule has 0 bridgehead atoms. The molecule has 5 nitrogen and oxygen atoms in total. The Morgan fingerprint density at radius 2 is 1.25 bits per heavy atom. The third-order valence-electron chi connectivity index (χ3n) is 0. The van der Waals surface area contributed by atoms with Crippen LogP contribution in [-0.4, -0.2) is 45.9 Å². The predicted molar refractivity (Wildman–Crippen MR) is 25.0 cm³/mol. The molecular weight excluding hydrogens is 162 g/mol. The second kappa shape index (κ2) is 8.37. The van der Waals surface area contributed by atoms with E-state index >= 15 is 0 Å². The maximum absolute atomic E-state index is 8.55. The molecule has 0 aromatic rings. The van der Waals surface area contributed by atoms with E-state index in [1.54, 1.807) is 0 Å². The molecule has 0 saturated heterocycles. The molecule has 0 aliphatic heterocycles. The first-order valence-electron chi connectivity index (χ1n) is 0.730. The maximum atomic E-state index is 8.55. The van der Waals surface area contributed by atoms with Gasteiger partial charge in [0, 0.05) is 0 Å². The third-order valence-corrected chi connectivity index (χ3v) is 0. The fourth-order valence-electron chi connectivity index (χ4n) is 0. The Morgan fingerprint density at radius 1 is 1.25 bits per heavy atom. The molecule has 0 aromatic carbocycles. The smallest absolute Gasteiger partial charge is 1.00 e. The molecule has 44 valence electrons. The maximum Gasteiger partial charge on any atom is 3.00 e. The van der Waals surface area contributed by atoms with Crippen molar-refractivity contribution < 1.29 is 27.6 Å². The molecule has 0 amide bonds. The van der Waals surface area contributed by atoms with Crippen molar-refractivity contribution in [1.29, 1.82) is 0 Å². The standard InChI is InChI=1S/Al.Mg.H3O4P.H2O.2H/c;;1-5(2,3)4;;;/h;;(H3,1,2,3,4);1H2;;/q+3;+2;;;2*-1/p-3. The minimum absolute atomic E-state index is 0. The van der Waals surface area contributed by atoms with Crippen LogP contribution in [0.25, 0.3) is 0 Å². The Balaban J connectivity index is -0.00000000800. The van der Waals surface area contributed by atoms with Crippen molar-refractivity contribution in [3.63, 3.8) is 0 Å². The molecule has 0 fully saturated rings. The summed E-state index contributed by atoms with van der Waals surface area (Å²) in [6, 6.07) is 0. The molecule has 0 unspecified atom stereocenters. The van der Waals surface area contributed by atoms with Gasteiger partial charge in [0.05, 0.1) is 0 Å². The van der Waals surface area contributed by atoms with Crippen LogP contribution in [-0.2, 0) is 4.57 Å². The Bertz CT molecular complexity index is 65.8. The minimum atomic E-state index is -5.39. The summed E-state index contributed by atoms with van der Waals surface area (Å²) < 4.78 is 8.55. The molecule has 0 saturated carbocycles. The van der Waals surface area contributed by atoms with Crippen LogP contribution in [0.5, 0.6) is 0 Å². The molecule has 0 aromatic heterocycles. The zero-order chi connectivity index (χ0) is 4.50. The van der Waals surface area contributed by atoms with E-state index in [0.29, 0.717) is 0 Å². The molecule has 8 heavy (non-hydrogen) atoms. The number of hydrogen-bond acceptors (Lipinski definition) is 4. The number of rotatable bonds is 0. The topological polar surface area (TPSA) is 118 Å². The summed E-state index contributed by atoms with van der Waals surface area (Å²) in [6.07, 6.45) is 0. The largest absolute Gasteiger partial charge is 3.00 e. The average Bonchev–Trinajstić information content (AvgIpc) is 0.722. The molecule has 0 aliphatic rings. The van der Waals surface area contributed by atoms with Crippen LogP contribution in [0.15, 0.2) is 0 Å². The van der Waals surface area contributed by atoms with Crippen molar-refractivity contribution in [2.75, 3.05) is 0 Å². The van der Waals surface area contributed by atoms with Crippen LogP contribution in [0, 0.1) is 0 Å². The summed E-state index contributed by atoms with van der Waals surface area (Å²) >= 11 is 0. The molecule has 0 atom stereocenters. The molecule has 0 aliphatic carbocycles. The van der Waals surface area contributed by atoms with Crippen molar-refractivity contribution in [1.82, 2.24) is 0 Å². The van der Waals surface area contributed by atoms with Gasteiger partial charge in [-0.05, 0) is 0 Å². The average molecular weight is 166 g/mol. The normalized spacial score (nSPS) is 7.38.